The minimum atomic E-state index is -0.836. The van der Waals surface area contributed by atoms with E-state index in [9.17, 15) is 9.90 Å². The van der Waals surface area contributed by atoms with Crippen molar-refractivity contribution in [1.82, 2.24) is 9.88 Å². The monoisotopic (exact) mass is 516 g/mol. The van der Waals surface area contributed by atoms with Crippen molar-refractivity contribution < 1.29 is 15.0 Å². The molecule has 0 radical (unpaired) electrons. The Bertz CT molecular complexity index is 1170. The van der Waals surface area contributed by atoms with Gasteiger partial charge in [0.25, 0.3) is 0 Å². The highest BCUT2D eigenvalue weighted by Crippen LogP contribution is 2.45. The van der Waals surface area contributed by atoms with Gasteiger partial charge in [0, 0.05) is 16.2 Å². The molecule has 3 rings (SSSR count). The number of carboxylic acid groups (broad SMARTS) is 1. The highest BCUT2D eigenvalue weighted by molar-refractivity contribution is 8.10. The number of aliphatic hydroxyl groups excluding tert-OH is 1. The number of thioether (sulfide) groups is 1. The number of benzene rings is 2. The smallest absolute Gasteiger partial charge is 0.304 e. The molecule has 2 unspecified atom stereocenters. The second-order valence-corrected chi connectivity index (χ2v) is 11.2. The third-order valence-corrected chi connectivity index (χ3v) is 7.88. The number of thiol groups is 1. The average Bonchev–Trinajstić information content (AvgIpc) is 2.80. The first-order chi connectivity index (χ1) is 16.2. The van der Waals surface area contributed by atoms with Crippen LogP contribution in [0, 0.1) is 0 Å². The summed E-state index contributed by atoms with van der Waals surface area (Å²) in [7, 11) is 3.64. The fourth-order valence-electron chi connectivity index (χ4n) is 3.46. The van der Waals surface area contributed by atoms with Gasteiger partial charge in [-0.2, -0.15) is 12.6 Å². The zero-order valence-electron chi connectivity index (χ0n) is 19.2. The van der Waals surface area contributed by atoms with Crippen LogP contribution in [0.5, 0.6) is 0 Å². The predicted octanol–water partition coefficient (Wildman–Crippen LogP) is 6.01. The van der Waals surface area contributed by atoms with Gasteiger partial charge in [-0.25, -0.2) is 4.98 Å². The molecule has 0 bridgehead atoms. The number of aliphatic hydroxyl groups is 1. The van der Waals surface area contributed by atoms with Crippen molar-refractivity contribution in [3.05, 3.63) is 76.4 Å². The molecule has 1 heterocycles. The predicted molar refractivity (Wildman–Crippen MR) is 146 cm³/mol. The normalized spacial score (nSPS) is 14.5. The van der Waals surface area contributed by atoms with Gasteiger partial charge < -0.3 is 10.2 Å². The van der Waals surface area contributed by atoms with Gasteiger partial charge in [0.1, 0.15) is 6.23 Å². The molecule has 5 nitrogen and oxygen atoms in total. The van der Waals surface area contributed by atoms with Crippen LogP contribution < -0.4 is 0 Å². The molecular weight excluding hydrogens is 488 g/mol. The number of pyridine rings is 1. The fourth-order valence-corrected chi connectivity index (χ4v) is 5.33. The highest BCUT2D eigenvalue weighted by Gasteiger charge is 2.30. The largest absolute Gasteiger partial charge is 0.481 e. The number of carboxylic acids is 1. The van der Waals surface area contributed by atoms with Crippen molar-refractivity contribution in [2.75, 3.05) is 19.8 Å². The average molecular weight is 517 g/mol. The lowest BCUT2D eigenvalue weighted by Gasteiger charge is -2.31. The summed E-state index contributed by atoms with van der Waals surface area (Å²) >= 11 is 12.6. The number of fused-ring (bicyclic) bond motifs is 1. The van der Waals surface area contributed by atoms with Crippen LogP contribution >= 0.6 is 36.0 Å². The number of rotatable bonds is 11. The molecule has 3 aromatic rings. The molecule has 0 saturated heterocycles. The van der Waals surface area contributed by atoms with Gasteiger partial charge in [-0.1, -0.05) is 48.0 Å². The first kappa shape index (κ1) is 26.6. The third-order valence-electron chi connectivity index (χ3n) is 5.45. The molecule has 0 aliphatic rings. The van der Waals surface area contributed by atoms with Crippen LogP contribution in [-0.2, 0) is 8.87 Å². The number of nitrogens with zero attached hydrogens (tertiary/aromatic N) is 2. The number of aromatic nitrogens is 1. The summed E-state index contributed by atoms with van der Waals surface area (Å²) in [6, 6.07) is 17.6. The Morgan fingerprint density at radius 1 is 1.21 bits per heavy atom. The molecule has 34 heavy (non-hydrogen) atoms. The third kappa shape index (κ3) is 7.48. The Balaban J connectivity index is 1.83. The molecule has 2 aromatic carbocycles. The molecule has 2 atom stereocenters. The maximum absolute atomic E-state index is 11.0. The van der Waals surface area contributed by atoms with Crippen molar-refractivity contribution in [3.8, 4) is 0 Å². The second-order valence-electron chi connectivity index (χ2n) is 8.29. The number of hydrogen-bond donors (Lipinski definition) is 3. The van der Waals surface area contributed by atoms with E-state index in [0.717, 1.165) is 27.7 Å². The summed E-state index contributed by atoms with van der Waals surface area (Å²) in [6.07, 6.45) is 4.50. The van der Waals surface area contributed by atoms with Gasteiger partial charge in [-0.05, 0) is 68.4 Å². The zero-order chi connectivity index (χ0) is 24.7. The standard InChI is InChI=1S/C26H29ClN2O3S2/c1-29(2)24(30)12-14-26(33,34-15-13-25(31)32)20-5-3-4-18(16-20)6-10-22-11-8-19-7-9-21(27)17-23(19)28-22/h3-11,16-17,24,30,33H,12-15H2,1-2H3,(H,31,32)/b10-6+. The topological polar surface area (TPSA) is 73.7 Å². The van der Waals surface area contributed by atoms with Crippen LogP contribution in [0.25, 0.3) is 23.1 Å². The van der Waals surface area contributed by atoms with E-state index >= 15 is 0 Å². The molecule has 2 N–H and O–H groups in total. The van der Waals surface area contributed by atoms with Crippen LogP contribution in [0.3, 0.4) is 0 Å². The maximum Gasteiger partial charge on any atom is 0.304 e. The molecule has 0 aliphatic carbocycles. The number of halogens is 1. The number of aliphatic carboxylic acids is 1. The SMILES string of the molecule is CN(C)C(O)CCC(S)(SCCC(=O)O)c1cccc(/C=C/c2ccc3ccc(Cl)cc3n2)c1. The maximum atomic E-state index is 11.0. The molecule has 0 spiro atoms. The minimum Gasteiger partial charge on any atom is -0.481 e. The van der Waals surface area contributed by atoms with Gasteiger partial charge in [0.05, 0.1) is 21.7 Å². The zero-order valence-corrected chi connectivity index (χ0v) is 21.7. The van der Waals surface area contributed by atoms with Crippen LogP contribution in [0.1, 0.15) is 36.1 Å². The molecular formula is C26H29ClN2O3S2. The van der Waals surface area contributed by atoms with E-state index in [1.54, 1.807) is 4.90 Å². The Hall–Kier alpha value is -2.03. The van der Waals surface area contributed by atoms with Gasteiger partial charge in [-0.3, -0.25) is 9.69 Å². The lowest BCUT2D eigenvalue weighted by Crippen LogP contribution is -2.29. The van der Waals surface area contributed by atoms with Crippen LogP contribution in [-0.4, -0.2) is 52.1 Å². The van der Waals surface area contributed by atoms with Crippen LogP contribution in [0.15, 0.2) is 54.6 Å². The Kier molecular flexibility index (Phi) is 9.45. The summed E-state index contributed by atoms with van der Waals surface area (Å²) in [4.78, 5) is 17.5. The van der Waals surface area contributed by atoms with Crippen molar-refractivity contribution in [1.29, 1.82) is 0 Å². The molecule has 0 saturated carbocycles. The van der Waals surface area contributed by atoms with E-state index in [2.05, 4.69) is 11.1 Å². The van der Waals surface area contributed by atoms with Gasteiger partial charge in [0.2, 0.25) is 0 Å². The summed E-state index contributed by atoms with van der Waals surface area (Å²) in [6.45, 7) is 0. The van der Waals surface area contributed by atoms with Crippen molar-refractivity contribution in [2.45, 2.75) is 29.6 Å². The summed E-state index contributed by atoms with van der Waals surface area (Å²) < 4.78 is -0.631. The van der Waals surface area contributed by atoms with E-state index in [-0.39, 0.29) is 6.42 Å². The molecule has 0 fully saturated rings. The van der Waals surface area contributed by atoms with E-state index in [1.165, 1.54) is 11.8 Å². The first-order valence-electron chi connectivity index (χ1n) is 10.9. The number of carbonyl (C=O) groups is 1. The first-order valence-corrected chi connectivity index (χ1v) is 12.7. The fraction of sp³-hybridized carbons (Fsp3) is 0.308. The Labute approximate surface area is 215 Å². The Morgan fingerprint density at radius 2 is 1.97 bits per heavy atom. The molecule has 1 aromatic heterocycles. The van der Waals surface area contributed by atoms with Gasteiger partial charge in [0.15, 0.2) is 0 Å². The lowest BCUT2D eigenvalue weighted by molar-refractivity contribution is -0.136. The summed E-state index contributed by atoms with van der Waals surface area (Å²) in [5.74, 6) is -0.405. The molecule has 0 aliphatic heterocycles. The molecule has 0 amide bonds. The van der Waals surface area contributed by atoms with Gasteiger partial charge in [-0.15, -0.1) is 11.8 Å². The highest BCUT2D eigenvalue weighted by atomic mass is 35.5. The quantitative estimate of drug-likeness (QED) is 0.214. The van der Waals surface area contributed by atoms with E-state index in [1.807, 2.05) is 74.8 Å². The van der Waals surface area contributed by atoms with Crippen molar-refractivity contribution in [2.24, 2.45) is 0 Å². The van der Waals surface area contributed by atoms with Crippen molar-refractivity contribution >= 4 is 65.0 Å². The van der Waals surface area contributed by atoms with Crippen LogP contribution in [0.4, 0.5) is 0 Å². The van der Waals surface area contributed by atoms with E-state index in [0.29, 0.717) is 23.6 Å². The minimum absolute atomic E-state index is 0.0560. The summed E-state index contributed by atoms with van der Waals surface area (Å²) in [5.41, 5.74) is 3.61. The lowest BCUT2D eigenvalue weighted by atomic mass is 10.0. The van der Waals surface area contributed by atoms with Crippen LogP contribution in [0.2, 0.25) is 5.02 Å². The number of hydrogen-bond acceptors (Lipinski definition) is 6. The molecule has 8 heteroatoms. The van der Waals surface area contributed by atoms with E-state index in [4.69, 9.17) is 29.3 Å². The van der Waals surface area contributed by atoms with Crippen molar-refractivity contribution in [3.63, 3.8) is 0 Å². The summed E-state index contributed by atoms with van der Waals surface area (Å²) in [5, 5.41) is 21.0. The van der Waals surface area contributed by atoms with Gasteiger partial charge >= 0.3 is 5.97 Å². The Morgan fingerprint density at radius 3 is 2.71 bits per heavy atom. The molecule has 180 valence electrons. The second kappa shape index (κ2) is 12.1. The van der Waals surface area contributed by atoms with E-state index < -0.39 is 16.3 Å².